The molecule has 1 aromatic rings. The highest BCUT2D eigenvalue weighted by Crippen LogP contribution is 2.20. The maximum Gasteiger partial charge on any atom is 0.391 e. The van der Waals surface area contributed by atoms with E-state index in [1.165, 1.54) is 0 Å². The molecule has 1 rings (SSSR count). The van der Waals surface area contributed by atoms with E-state index in [2.05, 4.69) is 5.32 Å². The Balaban J connectivity index is 2.42. The molecule has 5 heteroatoms. The van der Waals surface area contributed by atoms with Gasteiger partial charge in [-0.2, -0.15) is 13.2 Å². The number of hydrogen-bond donors (Lipinski definition) is 1. The molecule has 0 saturated heterocycles. The van der Waals surface area contributed by atoms with Crippen molar-refractivity contribution in [2.75, 3.05) is 19.8 Å². The fourth-order valence-electron chi connectivity index (χ4n) is 1.67. The van der Waals surface area contributed by atoms with Gasteiger partial charge in [0.2, 0.25) is 0 Å². The zero-order chi connectivity index (χ0) is 14.1. The minimum atomic E-state index is -4.15. The zero-order valence-corrected chi connectivity index (χ0v) is 11.0. The van der Waals surface area contributed by atoms with E-state index in [-0.39, 0.29) is 19.3 Å². The molecule has 1 atom stereocenters. The second kappa shape index (κ2) is 8.17. The van der Waals surface area contributed by atoms with Crippen LogP contribution in [0.4, 0.5) is 13.2 Å². The van der Waals surface area contributed by atoms with Crippen molar-refractivity contribution in [2.24, 2.45) is 0 Å². The van der Waals surface area contributed by atoms with Crippen LogP contribution in [0.5, 0.6) is 0 Å². The van der Waals surface area contributed by atoms with E-state index < -0.39 is 12.6 Å². The maximum atomic E-state index is 12.0. The quantitative estimate of drug-likeness (QED) is 0.730. The van der Waals surface area contributed by atoms with E-state index in [0.717, 1.165) is 18.5 Å². The molecule has 1 aromatic carbocycles. The van der Waals surface area contributed by atoms with Crippen molar-refractivity contribution in [1.29, 1.82) is 0 Å². The molecule has 0 spiro atoms. The first kappa shape index (κ1) is 16.0. The van der Waals surface area contributed by atoms with E-state index in [0.29, 0.717) is 0 Å². The van der Waals surface area contributed by atoms with Crippen molar-refractivity contribution in [3.8, 4) is 0 Å². The fraction of sp³-hybridized carbons (Fsp3) is 0.571. The van der Waals surface area contributed by atoms with Gasteiger partial charge in [-0.3, -0.25) is 0 Å². The van der Waals surface area contributed by atoms with E-state index >= 15 is 0 Å². The van der Waals surface area contributed by atoms with Gasteiger partial charge in [-0.1, -0.05) is 37.3 Å². The van der Waals surface area contributed by atoms with Gasteiger partial charge in [0.05, 0.1) is 25.7 Å². The predicted octanol–water partition coefficient (Wildman–Crippen LogP) is 3.70. The Kier molecular flexibility index (Phi) is 6.87. The number of benzene rings is 1. The summed E-state index contributed by atoms with van der Waals surface area (Å²) in [4.78, 5) is 0. The first-order chi connectivity index (χ1) is 9.03. The van der Waals surface area contributed by atoms with Crippen LogP contribution >= 0.6 is 0 Å². The van der Waals surface area contributed by atoms with Crippen molar-refractivity contribution in [1.82, 2.24) is 5.32 Å². The lowest BCUT2D eigenvalue weighted by molar-refractivity contribution is -0.145. The summed E-state index contributed by atoms with van der Waals surface area (Å²) in [6.07, 6.45) is -4.09. The average molecular weight is 275 g/mol. The first-order valence-corrected chi connectivity index (χ1v) is 6.45. The fourth-order valence-corrected chi connectivity index (χ4v) is 1.67. The molecule has 0 fully saturated rings. The molecular weight excluding hydrogens is 255 g/mol. The Hall–Kier alpha value is -1.07. The van der Waals surface area contributed by atoms with Gasteiger partial charge in [0.15, 0.2) is 0 Å². The van der Waals surface area contributed by atoms with Crippen LogP contribution < -0.4 is 5.32 Å². The van der Waals surface area contributed by atoms with Gasteiger partial charge in [-0.05, 0) is 18.5 Å². The van der Waals surface area contributed by atoms with Gasteiger partial charge in [-0.25, -0.2) is 0 Å². The van der Waals surface area contributed by atoms with E-state index in [9.17, 15) is 13.2 Å². The standard InChI is InChI=1S/C14H20F3NO/c1-2-9-18-13(12-6-4-3-5-7-12)11-19-10-8-14(15,16)17/h3-7,13,18H,2,8-11H2,1H3. The smallest absolute Gasteiger partial charge is 0.379 e. The number of hydrogen-bond acceptors (Lipinski definition) is 2. The third-order valence-corrected chi connectivity index (χ3v) is 2.66. The zero-order valence-electron chi connectivity index (χ0n) is 11.0. The van der Waals surface area contributed by atoms with Gasteiger partial charge in [0.25, 0.3) is 0 Å². The molecule has 0 aliphatic rings. The highest BCUT2D eigenvalue weighted by atomic mass is 19.4. The van der Waals surface area contributed by atoms with Crippen LogP contribution in [0.3, 0.4) is 0 Å². The van der Waals surface area contributed by atoms with Gasteiger partial charge in [0, 0.05) is 0 Å². The summed E-state index contributed by atoms with van der Waals surface area (Å²) in [6, 6.07) is 9.55. The molecule has 0 aliphatic heterocycles. The monoisotopic (exact) mass is 275 g/mol. The van der Waals surface area contributed by atoms with E-state index in [1.807, 2.05) is 37.3 Å². The minimum absolute atomic E-state index is 0.0608. The van der Waals surface area contributed by atoms with Crippen molar-refractivity contribution in [3.05, 3.63) is 35.9 Å². The molecule has 1 N–H and O–H groups in total. The van der Waals surface area contributed by atoms with Crippen LogP contribution in [0.15, 0.2) is 30.3 Å². The molecule has 0 amide bonds. The van der Waals surface area contributed by atoms with E-state index in [1.54, 1.807) is 0 Å². The molecule has 0 saturated carbocycles. The molecule has 2 nitrogen and oxygen atoms in total. The summed E-state index contributed by atoms with van der Waals surface area (Å²) in [6.45, 7) is 2.81. The molecule has 0 bridgehead atoms. The van der Waals surface area contributed by atoms with E-state index in [4.69, 9.17) is 4.74 Å². The van der Waals surface area contributed by atoms with Gasteiger partial charge in [-0.15, -0.1) is 0 Å². The van der Waals surface area contributed by atoms with Crippen molar-refractivity contribution >= 4 is 0 Å². The normalized spacial score (nSPS) is 13.5. The van der Waals surface area contributed by atoms with Crippen molar-refractivity contribution in [3.63, 3.8) is 0 Å². The van der Waals surface area contributed by atoms with Gasteiger partial charge in [0.1, 0.15) is 0 Å². The largest absolute Gasteiger partial charge is 0.391 e. The molecule has 108 valence electrons. The summed E-state index contributed by atoms with van der Waals surface area (Å²) in [5.74, 6) is 0. The average Bonchev–Trinajstić information content (AvgIpc) is 2.38. The van der Waals surface area contributed by atoms with Crippen LogP contribution in [0.2, 0.25) is 0 Å². The Bertz CT molecular complexity index is 340. The SMILES string of the molecule is CCCNC(COCCC(F)(F)F)c1ccccc1. The molecular formula is C14H20F3NO. The second-order valence-corrected chi connectivity index (χ2v) is 4.36. The highest BCUT2D eigenvalue weighted by Gasteiger charge is 2.26. The predicted molar refractivity (Wildman–Crippen MR) is 69.0 cm³/mol. The lowest BCUT2D eigenvalue weighted by Crippen LogP contribution is -2.27. The molecule has 0 aromatic heterocycles. The third-order valence-electron chi connectivity index (χ3n) is 2.66. The minimum Gasteiger partial charge on any atom is -0.379 e. The third kappa shape index (κ3) is 7.18. The Morgan fingerprint density at radius 3 is 2.47 bits per heavy atom. The Morgan fingerprint density at radius 2 is 1.89 bits per heavy atom. The molecule has 0 aliphatic carbocycles. The number of halogens is 3. The lowest BCUT2D eigenvalue weighted by atomic mass is 10.1. The summed E-state index contributed by atoms with van der Waals surface area (Å²) in [7, 11) is 0. The number of rotatable bonds is 8. The van der Waals surface area contributed by atoms with Crippen LogP contribution in [0.1, 0.15) is 31.4 Å². The topological polar surface area (TPSA) is 21.3 Å². The second-order valence-electron chi connectivity index (χ2n) is 4.36. The van der Waals surface area contributed by atoms with Crippen LogP contribution in [-0.2, 0) is 4.74 Å². The Morgan fingerprint density at radius 1 is 1.21 bits per heavy atom. The van der Waals surface area contributed by atoms with Gasteiger partial charge < -0.3 is 10.1 Å². The number of nitrogens with one attached hydrogen (secondary N) is 1. The molecule has 19 heavy (non-hydrogen) atoms. The molecule has 0 heterocycles. The summed E-state index contributed by atoms with van der Waals surface area (Å²) >= 11 is 0. The van der Waals surface area contributed by atoms with Crippen molar-refractivity contribution < 1.29 is 17.9 Å². The summed E-state index contributed by atoms with van der Waals surface area (Å²) < 4.78 is 41.2. The van der Waals surface area contributed by atoms with Crippen LogP contribution in [0, 0.1) is 0 Å². The maximum absolute atomic E-state index is 12.0. The summed E-state index contributed by atoms with van der Waals surface area (Å²) in [5.41, 5.74) is 1.03. The highest BCUT2D eigenvalue weighted by molar-refractivity contribution is 5.18. The summed E-state index contributed by atoms with van der Waals surface area (Å²) in [5, 5.41) is 3.28. The molecule has 0 radical (unpaired) electrons. The van der Waals surface area contributed by atoms with Gasteiger partial charge >= 0.3 is 6.18 Å². The van der Waals surface area contributed by atoms with Crippen LogP contribution in [0.25, 0.3) is 0 Å². The lowest BCUT2D eigenvalue weighted by Gasteiger charge is -2.19. The van der Waals surface area contributed by atoms with Crippen LogP contribution in [-0.4, -0.2) is 25.9 Å². The Labute approximate surface area is 112 Å². The number of ether oxygens (including phenoxy) is 1. The first-order valence-electron chi connectivity index (χ1n) is 6.45. The molecule has 1 unspecified atom stereocenters. The number of alkyl halides is 3. The van der Waals surface area contributed by atoms with Crippen molar-refractivity contribution in [2.45, 2.75) is 32.0 Å².